The quantitative estimate of drug-likeness (QED) is 0.821. The molecule has 6 nitrogen and oxygen atoms in total. The third kappa shape index (κ3) is 2.30. The van der Waals surface area contributed by atoms with Crippen LogP contribution in [0.1, 0.15) is 18.4 Å². The standard InChI is InChI=1S/C18H19N3O3S/c1-20-16-8-3-2-7-15(16)18(17(20)22)9-5-11-21(13-18)25(23,24)14-6-4-10-19-12-14/h2-4,6-8,10,12H,5,9,11,13H2,1H3/t18-/m1/s1. The van der Waals surface area contributed by atoms with Crippen LogP contribution in [0.3, 0.4) is 0 Å². The first-order chi connectivity index (χ1) is 12.0. The topological polar surface area (TPSA) is 70.6 Å². The highest BCUT2D eigenvalue weighted by Crippen LogP contribution is 2.46. The fourth-order valence-electron chi connectivity index (χ4n) is 3.98. The molecule has 0 aliphatic carbocycles. The lowest BCUT2D eigenvalue weighted by Crippen LogP contribution is -2.53. The maximum Gasteiger partial charge on any atom is 0.244 e. The molecule has 4 rings (SSSR count). The van der Waals surface area contributed by atoms with Crippen LogP contribution in [0.25, 0.3) is 0 Å². The molecule has 1 fully saturated rings. The molecule has 2 aromatic rings. The molecule has 1 amide bonds. The number of nitrogens with zero attached hydrogens (tertiary/aromatic N) is 3. The van der Waals surface area contributed by atoms with E-state index < -0.39 is 15.4 Å². The van der Waals surface area contributed by atoms with Crippen LogP contribution in [0.2, 0.25) is 0 Å². The monoisotopic (exact) mass is 357 g/mol. The van der Waals surface area contributed by atoms with Gasteiger partial charge in [0, 0.05) is 38.2 Å². The Balaban J connectivity index is 1.76. The first-order valence-corrected chi connectivity index (χ1v) is 9.69. The summed E-state index contributed by atoms with van der Waals surface area (Å²) in [6.45, 7) is 0.586. The van der Waals surface area contributed by atoms with Gasteiger partial charge in [-0.2, -0.15) is 4.31 Å². The number of pyridine rings is 1. The zero-order valence-corrected chi connectivity index (χ0v) is 14.7. The summed E-state index contributed by atoms with van der Waals surface area (Å²) in [6, 6.07) is 10.8. The van der Waals surface area contributed by atoms with E-state index in [1.165, 1.54) is 10.5 Å². The summed E-state index contributed by atoms with van der Waals surface area (Å²) in [5.74, 6) is -0.0280. The molecule has 3 heterocycles. The van der Waals surface area contributed by atoms with E-state index in [0.29, 0.717) is 19.4 Å². The first kappa shape index (κ1) is 16.2. The molecule has 0 unspecified atom stereocenters. The van der Waals surface area contributed by atoms with Gasteiger partial charge in [-0.25, -0.2) is 8.42 Å². The second kappa shape index (κ2) is 5.64. The van der Waals surface area contributed by atoms with Gasteiger partial charge in [-0.3, -0.25) is 9.78 Å². The Kier molecular flexibility index (Phi) is 3.66. The molecule has 2 aliphatic rings. The Morgan fingerprint density at radius 3 is 2.72 bits per heavy atom. The number of amides is 1. The van der Waals surface area contributed by atoms with Crippen LogP contribution >= 0.6 is 0 Å². The van der Waals surface area contributed by atoms with E-state index in [1.54, 1.807) is 30.3 Å². The molecule has 25 heavy (non-hydrogen) atoms. The van der Waals surface area contributed by atoms with Crippen LogP contribution in [0.15, 0.2) is 53.7 Å². The average Bonchev–Trinajstić information content (AvgIpc) is 2.85. The highest BCUT2D eigenvalue weighted by atomic mass is 32.2. The lowest BCUT2D eigenvalue weighted by atomic mass is 9.76. The molecule has 0 radical (unpaired) electrons. The number of aromatic nitrogens is 1. The van der Waals surface area contributed by atoms with Crippen molar-refractivity contribution in [1.29, 1.82) is 0 Å². The number of carbonyl (C=O) groups excluding carboxylic acids is 1. The fourth-order valence-corrected chi connectivity index (χ4v) is 5.48. The predicted octanol–water partition coefficient (Wildman–Crippen LogP) is 1.78. The van der Waals surface area contributed by atoms with Crippen molar-refractivity contribution in [2.45, 2.75) is 23.2 Å². The number of hydrogen-bond donors (Lipinski definition) is 0. The Morgan fingerprint density at radius 2 is 1.96 bits per heavy atom. The molecule has 1 aromatic heterocycles. The smallest absolute Gasteiger partial charge is 0.244 e. The number of fused-ring (bicyclic) bond motifs is 2. The number of benzene rings is 1. The van der Waals surface area contributed by atoms with Crippen molar-refractivity contribution in [3.63, 3.8) is 0 Å². The molecule has 1 aromatic carbocycles. The number of sulfonamides is 1. The van der Waals surface area contributed by atoms with Gasteiger partial charge in [0.2, 0.25) is 15.9 Å². The van der Waals surface area contributed by atoms with Gasteiger partial charge in [-0.05, 0) is 36.6 Å². The van der Waals surface area contributed by atoms with Crippen molar-refractivity contribution >= 4 is 21.6 Å². The van der Waals surface area contributed by atoms with Crippen molar-refractivity contribution in [3.05, 3.63) is 54.4 Å². The maximum absolute atomic E-state index is 13.0. The number of rotatable bonds is 2. The normalized spacial score (nSPS) is 23.9. The number of carbonyl (C=O) groups is 1. The zero-order chi connectivity index (χ0) is 17.7. The first-order valence-electron chi connectivity index (χ1n) is 8.25. The molecule has 0 N–H and O–H groups in total. The number of anilines is 1. The van der Waals surface area contributed by atoms with Crippen LogP contribution in [0.4, 0.5) is 5.69 Å². The zero-order valence-electron chi connectivity index (χ0n) is 13.9. The van der Waals surface area contributed by atoms with E-state index in [1.807, 2.05) is 24.3 Å². The second-order valence-corrected chi connectivity index (χ2v) is 8.53. The van der Waals surface area contributed by atoms with Gasteiger partial charge in [-0.15, -0.1) is 0 Å². The minimum Gasteiger partial charge on any atom is -0.314 e. The molecular weight excluding hydrogens is 338 g/mol. The van der Waals surface area contributed by atoms with Gasteiger partial charge in [0.1, 0.15) is 4.90 Å². The van der Waals surface area contributed by atoms with E-state index in [4.69, 9.17) is 0 Å². The van der Waals surface area contributed by atoms with Gasteiger partial charge in [0.15, 0.2) is 0 Å². The summed E-state index contributed by atoms with van der Waals surface area (Å²) in [7, 11) is -1.91. The number of para-hydroxylation sites is 1. The molecule has 2 aliphatic heterocycles. The number of piperidine rings is 1. The average molecular weight is 357 g/mol. The summed E-state index contributed by atoms with van der Waals surface area (Å²) >= 11 is 0. The van der Waals surface area contributed by atoms with Crippen molar-refractivity contribution in [2.24, 2.45) is 0 Å². The van der Waals surface area contributed by atoms with Gasteiger partial charge in [0.05, 0.1) is 5.41 Å². The lowest BCUT2D eigenvalue weighted by Gasteiger charge is -2.38. The second-order valence-electron chi connectivity index (χ2n) is 6.59. The highest BCUT2D eigenvalue weighted by Gasteiger charge is 2.53. The third-order valence-electron chi connectivity index (χ3n) is 5.22. The highest BCUT2D eigenvalue weighted by molar-refractivity contribution is 7.89. The lowest BCUT2D eigenvalue weighted by molar-refractivity contribution is -0.124. The van der Waals surface area contributed by atoms with Crippen LogP contribution in [-0.2, 0) is 20.2 Å². The SMILES string of the molecule is CN1C(=O)[C@@]2(CCCN(S(=O)(=O)c3cccnc3)C2)c2ccccc21. The Bertz CT molecular complexity index is 930. The van der Waals surface area contributed by atoms with Crippen LogP contribution in [0, 0.1) is 0 Å². The summed E-state index contributed by atoms with van der Waals surface area (Å²) in [4.78, 5) is 18.8. The van der Waals surface area contributed by atoms with Crippen LogP contribution in [-0.4, -0.2) is 43.8 Å². The van der Waals surface area contributed by atoms with Crippen LogP contribution in [0.5, 0.6) is 0 Å². The van der Waals surface area contributed by atoms with Crippen molar-refractivity contribution in [1.82, 2.24) is 9.29 Å². The Hall–Kier alpha value is -2.25. The molecular formula is C18H19N3O3S. The van der Waals surface area contributed by atoms with Gasteiger partial charge in [-0.1, -0.05) is 18.2 Å². The van der Waals surface area contributed by atoms with Gasteiger partial charge >= 0.3 is 0 Å². The summed E-state index contributed by atoms with van der Waals surface area (Å²) < 4.78 is 27.4. The summed E-state index contributed by atoms with van der Waals surface area (Å²) in [6.07, 6.45) is 4.20. The Morgan fingerprint density at radius 1 is 1.16 bits per heavy atom. The summed E-state index contributed by atoms with van der Waals surface area (Å²) in [5.41, 5.74) is 1.00. The van der Waals surface area contributed by atoms with E-state index in [-0.39, 0.29) is 17.3 Å². The molecule has 130 valence electrons. The van der Waals surface area contributed by atoms with Crippen molar-refractivity contribution < 1.29 is 13.2 Å². The number of likely N-dealkylation sites (N-methyl/N-ethyl adjacent to an activating group) is 1. The molecule has 1 spiro atoms. The third-order valence-corrected chi connectivity index (χ3v) is 7.05. The molecule has 0 bridgehead atoms. The Labute approximate surface area is 147 Å². The fraction of sp³-hybridized carbons (Fsp3) is 0.333. The van der Waals surface area contributed by atoms with Crippen molar-refractivity contribution in [2.75, 3.05) is 25.0 Å². The summed E-state index contributed by atoms with van der Waals surface area (Å²) in [5, 5.41) is 0. The van der Waals surface area contributed by atoms with E-state index in [0.717, 1.165) is 11.3 Å². The minimum absolute atomic E-state index is 0.0280. The largest absolute Gasteiger partial charge is 0.314 e. The van der Waals surface area contributed by atoms with Gasteiger partial charge in [0.25, 0.3) is 0 Å². The van der Waals surface area contributed by atoms with Crippen LogP contribution < -0.4 is 4.90 Å². The molecule has 0 saturated carbocycles. The van der Waals surface area contributed by atoms with Crippen molar-refractivity contribution in [3.8, 4) is 0 Å². The number of hydrogen-bond acceptors (Lipinski definition) is 4. The van der Waals surface area contributed by atoms with E-state index >= 15 is 0 Å². The van der Waals surface area contributed by atoms with Gasteiger partial charge < -0.3 is 4.90 Å². The van der Waals surface area contributed by atoms with E-state index in [9.17, 15) is 13.2 Å². The maximum atomic E-state index is 13.0. The van der Waals surface area contributed by atoms with E-state index in [2.05, 4.69) is 4.98 Å². The molecule has 1 atom stereocenters. The predicted molar refractivity (Wildman–Crippen MR) is 93.8 cm³/mol. The molecule has 7 heteroatoms. The molecule has 1 saturated heterocycles. The minimum atomic E-state index is -3.67.